The van der Waals surface area contributed by atoms with Crippen molar-refractivity contribution in [2.45, 2.75) is 33.1 Å². The van der Waals surface area contributed by atoms with Crippen LogP contribution in [0.3, 0.4) is 0 Å². The number of hydrogen-bond acceptors (Lipinski definition) is 5. The summed E-state index contributed by atoms with van der Waals surface area (Å²) >= 11 is 0. The van der Waals surface area contributed by atoms with Crippen LogP contribution >= 0.6 is 0 Å². The number of anilines is 1. The van der Waals surface area contributed by atoms with E-state index in [1.54, 1.807) is 0 Å². The fraction of sp³-hybridized carbons (Fsp3) is 0.706. The predicted octanol–water partition coefficient (Wildman–Crippen LogP) is 0.153. The van der Waals surface area contributed by atoms with Gasteiger partial charge in [-0.05, 0) is 18.9 Å². The number of nitrogens with one attached hydrogen (secondary N) is 2. The molecule has 3 heterocycles. The molecule has 1 aromatic rings. The van der Waals surface area contributed by atoms with Crippen molar-refractivity contribution in [2.75, 3.05) is 44.2 Å². The van der Waals surface area contributed by atoms with E-state index < -0.39 is 0 Å². The van der Waals surface area contributed by atoms with Crippen molar-refractivity contribution >= 4 is 11.9 Å². The lowest BCUT2D eigenvalue weighted by Crippen LogP contribution is -2.49. The Morgan fingerprint density at radius 1 is 1.17 bits per heavy atom. The van der Waals surface area contributed by atoms with E-state index in [4.69, 9.17) is 4.98 Å². The lowest BCUT2D eigenvalue weighted by atomic mass is 10.1. The molecule has 1 fully saturated rings. The zero-order chi connectivity index (χ0) is 17.1. The van der Waals surface area contributed by atoms with Crippen molar-refractivity contribution < 1.29 is 4.79 Å². The van der Waals surface area contributed by atoms with Gasteiger partial charge in [-0.3, -0.25) is 14.6 Å². The number of aromatic nitrogens is 2. The number of rotatable bonds is 3. The fourth-order valence-corrected chi connectivity index (χ4v) is 3.34. The van der Waals surface area contributed by atoms with Crippen LogP contribution in [0.15, 0.2) is 4.79 Å². The number of aromatic amines is 1. The molecule has 2 aliphatic heterocycles. The molecule has 2 N–H and O–H groups in total. The van der Waals surface area contributed by atoms with Crippen molar-refractivity contribution in [1.29, 1.82) is 0 Å². The smallest absolute Gasteiger partial charge is 0.255 e. The monoisotopic (exact) mass is 333 g/mol. The van der Waals surface area contributed by atoms with Crippen molar-refractivity contribution in [3.63, 3.8) is 0 Å². The summed E-state index contributed by atoms with van der Waals surface area (Å²) in [6.45, 7) is 8.62. The molecule has 1 amide bonds. The predicted molar refractivity (Wildman–Crippen MR) is 93.4 cm³/mol. The van der Waals surface area contributed by atoms with Gasteiger partial charge in [0.15, 0.2) is 0 Å². The molecule has 1 saturated heterocycles. The van der Waals surface area contributed by atoms with E-state index in [1.807, 2.05) is 4.90 Å². The SMILES string of the molecule is CC(C)CC(=O)N1CCN(c2nc3c(c(=O)[nH]2)CCNCC3)CC1. The number of carbonyl (C=O) groups excluding carboxylic acids is 1. The first kappa shape index (κ1) is 17.0. The third kappa shape index (κ3) is 3.77. The summed E-state index contributed by atoms with van der Waals surface area (Å²) in [5.41, 5.74) is 1.71. The Morgan fingerprint density at radius 3 is 2.58 bits per heavy atom. The number of piperazine rings is 1. The second kappa shape index (κ2) is 7.34. The summed E-state index contributed by atoms with van der Waals surface area (Å²) in [6.07, 6.45) is 2.12. The summed E-state index contributed by atoms with van der Waals surface area (Å²) < 4.78 is 0. The van der Waals surface area contributed by atoms with Crippen LogP contribution in [-0.2, 0) is 17.6 Å². The highest BCUT2D eigenvalue weighted by Crippen LogP contribution is 2.15. The first-order chi connectivity index (χ1) is 11.5. The Kier molecular flexibility index (Phi) is 5.18. The molecule has 3 rings (SSSR count). The minimum absolute atomic E-state index is 0.0167. The Hall–Kier alpha value is -1.89. The summed E-state index contributed by atoms with van der Waals surface area (Å²) in [6, 6.07) is 0. The molecule has 0 saturated carbocycles. The topological polar surface area (TPSA) is 81.3 Å². The number of fused-ring (bicyclic) bond motifs is 1. The summed E-state index contributed by atoms with van der Waals surface area (Å²) in [7, 11) is 0. The van der Waals surface area contributed by atoms with E-state index in [0.29, 0.717) is 44.5 Å². The molecule has 0 radical (unpaired) electrons. The van der Waals surface area contributed by atoms with E-state index in [0.717, 1.165) is 37.2 Å². The van der Waals surface area contributed by atoms with E-state index in [9.17, 15) is 9.59 Å². The van der Waals surface area contributed by atoms with Crippen LogP contribution in [0.5, 0.6) is 0 Å². The van der Waals surface area contributed by atoms with Gasteiger partial charge >= 0.3 is 0 Å². The number of H-pyrrole nitrogens is 1. The Bertz CT molecular complexity index is 647. The highest BCUT2D eigenvalue weighted by Gasteiger charge is 2.24. The van der Waals surface area contributed by atoms with E-state index in [2.05, 4.69) is 29.0 Å². The molecule has 7 nitrogen and oxygen atoms in total. The average molecular weight is 333 g/mol. The Balaban J connectivity index is 1.68. The van der Waals surface area contributed by atoms with Gasteiger partial charge in [0.05, 0.1) is 5.69 Å². The molecule has 24 heavy (non-hydrogen) atoms. The molecule has 0 atom stereocenters. The van der Waals surface area contributed by atoms with Crippen LogP contribution in [0, 0.1) is 5.92 Å². The first-order valence-corrected chi connectivity index (χ1v) is 8.90. The van der Waals surface area contributed by atoms with Gasteiger partial charge in [0.1, 0.15) is 0 Å². The number of hydrogen-bond donors (Lipinski definition) is 2. The van der Waals surface area contributed by atoms with E-state index >= 15 is 0 Å². The van der Waals surface area contributed by atoms with Crippen LogP contribution in [0.25, 0.3) is 0 Å². The van der Waals surface area contributed by atoms with Gasteiger partial charge in [0.25, 0.3) is 5.56 Å². The van der Waals surface area contributed by atoms with Gasteiger partial charge in [-0.1, -0.05) is 13.8 Å². The van der Waals surface area contributed by atoms with Crippen LogP contribution in [0.4, 0.5) is 5.95 Å². The summed E-state index contributed by atoms with van der Waals surface area (Å²) in [5.74, 6) is 1.25. The van der Waals surface area contributed by atoms with E-state index in [1.165, 1.54) is 0 Å². The average Bonchev–Trinajstić information content (AvgIpc) is 2.80. The number of carbonyl (C=O) groups is 1. The maximum Gasteiger partial charge on any atom is 0.255 e. The minimum atomic E-state index is -0.0167. The lowest BCUT2D eigenvalue weighted by Gasteiger charge is -2.35. The van der Waals surface area contributed by atoms with Gasteiger partial charge in [-0.2, -0.15) is 0 Å². The van der Waals surface area contributed by atoms with E-state index in [-0.39, 0.29) is 11.5 Å². The lowest BCUT2D eigenvalue weighted by molar-refractivity contribution is -0.132. The van der Waals surface area contributed by atoms with Crippen LogP contribution < -0.4 is 15.8 Å². The molecule has 7 heteroatoms. The van der Waals surface area contributed by atoms with Crippen molar-refractivity contribution in [3.05, 3.63) is 21.6 Å². The third-order valence-corrected chi connectivity index (χ3v) is 4.69. The molecule has 0 bridgehead atoms. The van der Waals surface area contributed by atoms with Crippen LogP contribution in [0.1, 0.15) is 31.5 Å². The van der Waals surface area contributed by atoms with Gasteiger partial charge in [-0.15, -0.1) is 0 Å². The normalized spacial score (nSPS) is 18.5. The van der Waals surface area contributed by atoms with Gasteiger partial charge in [0, 0.05) is 51.1 Å². The van der Waals surface area contributed by atoms with Crippen molar-refractivity contribution in [3.8, 4) is 0 Å². The minimum Gasteiger partial charge on any atom is -0.339 e. The zero-order valence-corrected chi connectivity index (χ0v) is 14.6. The van der Waals surface area contributed by atoms with Crippen molar-refractivity contribution in [1.82, 2.24) is 20.2 Å². The summed E-state index contributed by atoms with van der Waals surface area (Å²) in [4.78, 5) is 36.2. The fourth-order valence-electron chi connectivity index (χ4n) is 3.34. The maximum absolute atomic E-state index is 12.4. The van der Waals surface area contributed by atoms with Crippen molar-refractivity contribution in [2.24, 2.45) is 5.92 Å². The maximum atomic E-state index is 12.4. The number of nitrogens with zero attached hydrogens (tertiary/aromatic N) is 3. The molecular weight excluding hydrogens is 306 g/mol. The van der Waals surface area contributed by atoms with Crippen LogP contribution in [0.2, 0.25) is 0 Å². The molecule has 0 spiro atoms. The molecule has 0 aliphatic carbocycles. The number of amides is 1. The Labute approximate surface area is 142 Å². The Morgan fingerprint density at radius 2 is 1.88 bits per heavy atom. The zero-order valence-electron chi connectivity index (χ0n) is 14.6. The highest BCUT2D eigenvalue weighted by molar-refractivity contribution is 5.76. The molecule has 0 aromatic carbocycles. The molecule has 2 aliphatic rings. The van der Waals surface area contributed by atoms with Crippen LogP contribution in [-0.4, -0.2) is 60.0 Å². The second-order valence-corrected chi connectivity index (χ2v) is 7.03. The molecule has 0 unspecified atom stereocenters. The van der Waals surface area contributed by atoms with Gasteiger partial charge in [-0.25, -0.2) is 4.98 Å². The van der Waals surface area contributed by atoms with Gasteiger partial charge in [0.2, 0.25) is 11.9 Å². The molecular formula is C17H27N5O2. The second-order valence-electron chi connectivity index (χ2n) is 7.03. The summed E-state index contributed by atoms with van der Waals surface area (Å²) in [5, 5.41) is 3.30. The third-order valence-electron chi connectivity index (χ3n) is 4.69. The molecule has 1 aromatic heterocycles. The molecule has 132 valence electrons. The van der Waals surface area contributed by atoms with Gasteiger partial charge < -0.3 is 15.1 Å². The first-order valence-electron chi connectivity index (χ1n) is 8.90. The standard InChI is InChI=1S/C17H27N5O2/c1-12(2)11-15(23)21-7-9-22(10-8-21)17-19-14-4-6-18-5-3-13(14)16(24)20-17/h12,18H,3-11H2,1-2H3,(H,19,20,24). The quantitative estimate of drug-likeness (QED) is 0.823. The largest absolute Gasteiger partial charge is 0.339 e. The highest BCUT2D eigenvalue weighted by atomic mass is 16.2.